The normalized spacial score (nSPS) is 20.2. The van der Waals surface area contributed by atoms with E-state index in [1.807, 2.05) is 22.8 Å². The van der Waals surface area contributed by atoms with Gasteiger partial charge in [0.25, 0.3) is 0 Å². The number of anilines is 1. The van der Waals surface area contributed by atoms with Crippen LogP contribution in [0, 0.1) is 16.7 Å². The van der Waals surface area contributed by atoms with Gasteiger partial charge < -0.3 is 4.90 Å². The molecule has 4 rings (SSSR count). The predicted octanol–water partition coefficient (Wildman–Crippen LogP) is 1.63. The molecule has 0 unspecified atom stereocenters. The standard InChI is InChI=1S/C15H18N6S/c1-19(22-17)12-5-15(6-12)9-20(10-15)14-11(7-16)8-18-21-4-2-3-13(14)21/h2-4,8,12H,5-6,9-10,17H2,1H3. The van der Waals surface area contributed by atoms with Gasteiger partial charge in [0, 0.05) is 42.9 Å². The van der Waals surface area contributed by atoms with E-state index in [2.05, 4.69) is 27.4 Å². The number of nitrogens with two attached hydrogens (primary N) is 1. The first-order chi connectivity index (χ1) is 10.7. The van der Waals surface area contributed by atoms with Crippen LogP contribution in [0.4, 0.5) is 5.69 Å². The number of hydrogen-bond donors (Lipinski definition) is 1. The topological polar surface area (TPSA) is 73.6 Å². The van der Waals surface area contributed by atoms with Crippen molar-refractivity contribution in [3.8, 4) is 6.07 Å². The van der Waals surface area contributed by atoms with Crippen LogP contribution in [0.2, 0.25) is 0 Å². The van der Waals surface area contributed by atoms with Crippen LogP contribution >= 0.6 is 12.1 Å². The van der Waals surface area contributed by atoms with E-state index in [0.29, 0.717) is 17.0 Å². The smallest absolute Gasteiger partial charge is 0.103 e. The lowest BCUT2D eigenvalue weighted by Gasteiger charge is -2.61. The molecule has 7 heteroatoms. The van der Waals surface area contributed by atoms with Gasteiger partial charge in [-0.3, -0.25) is 5.14 Å². The fourth-order valence-electron chi connectivity index (χ4n) is 3.86. The van der Waals surface area contributed by atoms with E-state index in [1.54, 1.807) is 6.20 Å². The molecule has 114 valence electrons. The van der Waals surface area contributed by atoms with Crippen molar-refractivity contribution in [1.29, 1.82) is 5.26 Å². The van der Waals surface area contributed by atoms with Crippen LogP contribution in [0.25, 0.3) is 5.52 Å². The van der Waals surface area contributed by atoms with Gasteiger partial charge in [-0.1, -0.05) is 0 Å². The Balaban J connectivity index is 1.55. The molecule has 0 amide bonds. The molecule has 0 aromatic carbocycles. The Morgan fingerprint density at radius 2 is 2.27 bits per heavy atom. The minimum Gasteiger partial charge on any atom is -0.367 e. The molecular weight excluding hydrogens is 296 g/mol. The second kappa shape index (κ2) is 4.88. The van der Waals surface area contributed by atoms with Crippen LogP contribution < -0.4 is 10.0 Å². The maximum absolute atomic E-state index is 9.38. The molecule has 2 aliphatic rings. The Bertz CT molecular complexity index is 749. The second-order valence-corrected chi connectivity index (χ2v) is 7.21. The van der Waals surface area contributed by atoms with Crippen molar-refractivity contribution in [3.05, 3.63) is 30.1 Å². The molecule has 6 nitrogen and oxygen atoms in total. The zero-order chi connectivity index (χ0) is 15.3. The number of nitriles is 1. The maximum atomic E-state index is 9.38. The van der Waals surface area contributed by atoms with E-state index >= 15 is 0 Å². The number of hydrogen-bond acceptors (Lipinski definition) is 6. The van der Waals surface area contributed by atoms with Gasteiger partial charge in [0.2, 0.25) is 0 Å². The molecule has 2 aromatic heterocycles. The van der Waals surface area contributed by atoms with Crippen molar-refractivity contribution in [2.75, 3.05) is 25.0 Å². The summed E-state index contributed by atoms with van der Waals surface area (Å²) in [7, 11) is 2.05. The van der Waals surface area contributed by atoms with Gasteiger partial charge >= 0.3 is 0 Å². The molecule has 2 fully saturated rings. The number of nitrogens with zero attached hydrogens (tertiary/aromatic N) is 5. The Kier molecular flexibility index (Phi) is 3.08. The van der Waals surface area contributed by atoms with Crippen molar-refractivity contribution >= 4 is 23.3 Å². The molecule has 3 heterocycles. The fraction of sp³-hybridized carbons (Fsp3) is 0.467. The third-order valence-electron chi connectivity index (χ3n) is 5.04. The van der Waals surface area contributed by atoms with Crippen molar-refractivity contribution in [1.82, 2.24) is 13.9 Å². The zero-order valence-electron chi connectivity index (χ0n) is 12.4. The highest BCUT2D eigenvalue weighted by Crippen LogP contribution is 2.52. The highest BCUT2D eigenvalue weighted by atomic mass is 32.2. The Morgan fingerprint density at radius 3 is 2.95 bits per heavy atom. The molecule has 1 aliphatic heterocycles. The molecule has 1 spiro atoms. The van der Waals surface area contributed by atoms with E-state index in [1.165, 1.54) is 25.0 Å². The Morgan fingerprint density at radius 1 is 1.50 bits per heavy atom. The fourth-order valence-corrected chi connectivity index (χ4v) is 4.18. The van der Waals surface area contributed by atoms with E-state index < -0.39 is 0 Å². The SMILES string of the molecule is CN(SN)C1CC2(C1)CN(c1c(C#N)cnn3cccc13)C2. The summed E-state index contributed by atoms with van der Waals surface area (Å²) in [6.07, 6.45) is 5.96. The Hall–Kier alpha value is -1.75. The first-order valence-corrected chi connectivity index (χ1v) is 8.20. The van der Waals surface area contributed by atoms with Crippen LogP contribution in [0.3, 0.4) is 0 Å². The monoisotopic (exact) mass is 314 g/mol. The quantitative estimate of drug-likeness (QED) is 0.868. The largest absolute Gasteiger partial charge is 0.367 e. The summed E-state index contributed by atoms with van der Waals surface area (Å²) in [4.78, 5) is 2.32. The third-order valence-corrected chi connectivity index (χ3v) is 5.67. The van der Waals surface area contributed by atoms with Gasteiger partial charge in [-0.05, 0) is 32.0 Å². The minimum atomic E-state index is 0.411. The minimum absolute atomic E-state index is 0.411. The van der Waals surface area contributed by atoms with Gasteiger partial charge in [-0.25, -0.2) is 8.82 Å². The summed E-state index contributed by atoms with van der Waals surface area (Å²) >= 11 is 1.32. The first-order valence-electron chi connectivity index (χ1n) is 7.37. The van der Waals surface area contributed by atoms with Crippen LogP contribution in [-0.2, 0) is 0 Å². The van der Waals surface area contributed by atoms with E-state index in [0.717, 1.165) is 24.3 Å². The molecule has 1 saturated carbocycles. The Labute approximate surface area is 133 Å². The first kappa shape index (κ1) is 13.9. The van der Waals surface area contributed by atoms with Crippen molar-refractivity contribution < 1.29 is 0 Å². The van der Waals surface area contributed by atoms with Gasteiger partial charge in [0.15, 0.2) is 0 Å². The van der Waals surface area contributed by atoms with Crippen molar-refractivity contribution in [2.45, 2.75) is 18.9 Å². The summed E-state index contributed by atoms with van der Waals surface area (Å²) in [6.45, 7) is 2.04. The summed E-state index contributed by atoms with van der Waals surface area (Å²) < 4.78 is 3.98. The van der Waals surface area contributed by atoms with Crippen molar-refractivity contribution in [3.63, 3.8) is 0 Å². The molecule has 0 atom stereocenters. The van der Waals surface area contributed by atoms with Gasteiger partial charge in [0.1, 0.15) is 6.07 Å². The van der Waals surface area contributed by atoms with E-state index in [9.17, 15) is 5.26 Å². The molecule has 1 saturated heterocycles. The highest BCUT2D eigenvalue weighted by molar-refractivity contribution is 7.94. The molecule has 2 aromatic rings. The lowest BCUT2D eigenvalue weighted by Crippen LogP contribution is -2.66. The van der Waals surface area contributed by atoms with Crippen LogP contribution in [-0.4, -0.2) is 40.1 Å². The summed E-state index contributed by atoms with van der Waals surface area (Å²) in [5.74, 6) is 0. The van der Waals surface area contributed by atoms with Crippen LogP contribution in [0.5, 0.6) is 0 Å². The van der Waals surface area contributed by atoms with Crippen LogP contribution in [0.15, 0.2) is 24.5 Å². The molecule has 0 radical (unpaired) electrons. The van der Waals surface area contributed by atoms with E-state index in [-0.39, 0.29) is 0 Å². The number of aromatic nitrogens is 2. The molecule has 0 bridgehead atoms. The average molecular weight is 314 g/mol. The number of fused-ring (bicyclic) bond motifs is 1. The lowest BCUT2D eigenvalue weighted by molar-refractivity contribution is 0.0244. The van der Waals surface area contributed by atoms with Gasteiger partial charge in [-0.15, -0.1) is 0 Å². The van der Waals surface area contributed by atoms with Crippen molar-refractivity contribution in [2.24, 2.45) is 10.6 Å². The van der Waals surface area contributed by atoms with Gasteiger partial charge in [0.05, 0.1) is 23.0 Å². The lowest BCUT2D eigenvalue weighted by atomic mass is 9.60. The molecule has 1 aliphatic carbocycles. The van der Waals surface area contributed by atoms with Crippen LogP contribution in [0.1, 0.15) is 18.4 Å². The summed E-state index contributed by atoms with van der Waals surface area (Å²) in [5, 5.41) is 19.3. The third kappa shape index (κ3) is 1.92. The molecule has 22 heavy (non-hydrogen) atoms. The maximum Gasteiger partial charge on any atom is 0.103 e. The van der Waals surface area contributed by atoms with Gasteiger partial charge in [-0.2, -0.15) is 10.4 Å². The average Bonchev–Trinajstić information content (AvgIpc) is 2.92. The zero-order valence-corrected chi connectivity index (χ0v) is 13.3. The summed E-state index contributed by atoms with van der Waals surface area (Å²) in [5.41, 5.74) is 3.11. The highest BCUT2D eigenvalue weighted by Gasteiger charge is 2.54. The second-order valence-electron chi connectivity index (χ2n) is 6.43. The predicted molar refractivity (Wildman–Crippen MR) is 87.1 cm³/mol. The molecule has 2 N–H and O–H groups in total. The number of rotatable bonds is 3. The molecular formula is C15H18N6S. The van der Waals surface area contributed by atoms with E-state index in [4.69, 9.17) is 5.14 Å². The summed E-state index contributed by atoms with van der Waals surface area (Å²) in [6, 6.07) is 6.85.